The Morgan fingerprint density at radius 2 is 2.41 bits per heavy atom. The van der Waals surface area contributed by atoms with Gasteiger partial charge in [0.2, 0.25) is 0 Å². The van der Waals surface area contributed by atoms with Crippen LogP contribution in [0.25, 0.3) is 0 Å². The summed E-state index contributed by atoms with van der Waals surface area (Å²) in [4.78, 5) is 15.2. The second-order valence-corrected chi connectivity index (χ2v) is 6.29. The summed E-state index contributed by atoms with van der Waals surface area (Å²) >= 11 is 4.91. The van der Waals surface area contributed by atoms with Crippen LogP contribution in [0, 0.1) is 0 Å². The largest absolute Gasteiger partial charge is 0.333 e. The van der Waals surface area contributed by atoms with Crippen LogP contribution in [0.3, 0.4) is 0 Å². The molecule has 2 heterocycles. The number of nitrogens with two attached hydrogens (primary N) is 1. The number of hydrogen-bond donors (Lipinski definition) is 1. The first-order chi connectivity index (χ1) is 8.11. The monoisotopic (exact) mass is 316 g/mol. The van der Waals surface area contributed by atoms with Crippen molar-refractivity contribution in [3.8, 4) is 0 Å². The van der Waals surface area contributed by atoms with Gasteiger partial charge in [-0.25, -0.2) is 0 Å². The van der Waals surface area contributed by atoms with E-state index in [0.29, 0.717) is 0 Å². The van der Waals surface area contributed by atoms with Crippen molar-refractivity contribution in [2.45, 2.75) is 38.3 Å². The van der Waals surface area contributed by atoms with Crippen molar-refractivity contribution in [3.05, 3.63) is 20.8 Å². The molecule has 1 fully saturated rings. The Morgan fingerprint density at radius 1 is 1.65 bits per heavy atom. The fourth-order valence-electron chi connectivity index (χ4n) is 2.33. The molecule has 0 unspecified atom stereocenters. The molecule has 2 rings (SSSR count). The molecule has 0 bridgehead atoms. The number of carbonyl (C=O) groups excluding carboxylic acids is 1. The average molecular weight is 317 g/mol. The molecule has 5 heteroatoms. The van der Waals surface area contributed by atoms with Gasteiger partial charge in [0.25, 0.3) is 5.91 Å². The van der Waals surface area contributed by atoms with Gasteiger partial charge in [-0.05, 0) is 53.6 Å². The molecule has 0 aliphatic carbocycles. The molecule has 17 heavy (non-hydrogen) atoms. The quantitative estimate of drug-likeness (QED) is 0.912. The van der Waals surface area contributed by atoms with Crippen molar-refractivity contribution < 1.29 is 4.79 Å². The van der Waals surface area contributed by atoms with Crippen molar-refractivity contribution in [1.29, 1.82) is 0 Å². The summed E-state index contributed by atoms with van der Waals surface area (Å²) in [6.45, 7) is 2.81. The predicted octanol–water partition coefficient (Wildman–Crippen LogP) is 2.85. The number of piperidine rings is 1. The van der Waals surface area contributed by atoms with Crippen LogP contribution in [0.2, 0.25) is 0 Å². The Kier molecular flexibility index (Phi) is 4.22. The maximum atomic E-state index is 12.4. The second kappa shape index (κ2) is 5.50. The minimum atomic E-state index is 0.0398. The smallest absolute Gasteiger partial charge is 0.265 e. The molecule has 0 radical (unpaired) electrons. The molecule has 2 atom stereocenters. The van der Waals surface area contributed by atoms with Crippen LogP contribution in [-0.2, 0) is 0 Å². The Balaban J connectivity index is 2.20. The van der Waals surface area contributed by atoms with Gasteiger partial charge in [-0.2, -0.15) is 0 Å². The lowest BCUT2D eigenvalue weighted by Crippen LogP contribution is -2.51. The van der Waals surface area contributed by atoms with Crippen LogP contribution in [0.15, 0.2) is 15.9 Å². The first kappa shape index (κ1) is 13.1. The zero-order valence-electron chi connectivity index (χ0n) is 9.86. The summed E-state index contributed by atoms with van der Waals surface area (Å²) in [5.41, 5.74) is 5.98. The Labute approximate surface area is 114 Å². The number of nitrogens with zero attached hydrogens (tertiary/aromatic N) is 1. The van der Waals surface area contributed by atoms with Crippen molar-refractivity contribution in [2.75, 3.05) is 6.54 Å². The Morgan fingerprint density at radius 3 is 3.00 bits per heavy atom. The summed E-state index contributed by atoms with van der Waals surface area (Å²) < 4.78 is 0.890. The normalized spacial score (nSPS) is 22.5. The third-order valence-corrected chi connectivity index (χ3v) is 5.05. The van der Waals surface area contributed by atoms with Gasteiger partial charge in [0, 0.05) is 23.1 Å². The summed E-state index contributed by atoms with van der Waals surface area (Å²) in [5, 5.41) is 1.93. The Bertz CT molecular complexity index is 405. The predicted molar refractivity (Wildman–Crippen MR) is 74.3 cm³/mol. The lowest BCUT2D eigenvalue weighted by Gasteiger charge is -2.37. The van der Waals surface area contributed by atoms with Gasteiger partial charge < -0.3 is 10.6 Å². The van der Waals surface area contributed by atoms with Crippen LogP contribution in [-0.4, -0.2) is 29.4 Å². The highest BCUT2D eigenvalue weighted by Gasteiger charge is 2.31. The number of likely N-dealkylation sites (tertiary alicyclic amines) is 1. The number of rotatable bonds is 2. The number of thiophene rings is 1. The topological polar surface area (TPSA) is 46.3 Å². The van der Waals surface area contributed by atoms with Crippen LogP contribution in [0.5, 0.6) is 0 Å². The van der Waals surface area contributed by atoms with E-state index < -0.39 is 0 Å². The van der Waals surface area contributed by atoms with E-state index in [9.17, 15) is 4.79 Å². The van der Waals surface area contributed by atoms with Crippen LogP contribution in [0.1, 0.15) is 35.9 Å². The minimum absolute atomic E-state index is 0.0398. The zero-order valence-corrected chi connectivity index (χ0v) is 12.3. The molecule has 1 aromatic heterocycles. The van der Waals surface area contributed by atoms with Crippen molar-refractivity contribution >= 4 is 33.2 Å². The van der Waals surface area contributed by atoms with E-state index >= 15 is 0 Å². The third-order valence-electron chi connectivity index (χ3n) is 3.23. The highest BCUT2D eigenvalue weighted by atomic mass is 79.9. The molecule has 1 amide bonds. The fourth-order valence-corrected chi connectivity index (χ4v) is 3.83. The molecule has 0 spiro atoms. The highest BCUT2D eigenvalue weighted by Crippen LogP contribution is 2.28. The molecule has 3 nitrogen and oxygen atoms in total. The number of hydrogen-bond acceptors (Lipinski definition) is 3. The lowest BCUT2D eigenvalue weighted by atomic mass is 9.97. The number of halogens is 1. The van der Waals surface area contributed by atoms with E-state index in [0.717, 1.165) is 28.7 Å². The Hall–Kier alpha value is -0.390. The van der Waals surface area contributed by atoms with Crippen molar-refractivity contribution in [3.63, 3.8) is 0 Å². The maximum Gasteiger partial charge on any atom is 0.265 e. The van der Waals surface area contributed by atoms with E-state index in [-0.39, 0.29) is 18.0 Å². The van der Waals surface area contributed by atoms with Crippen molar-refractivity contribution in [2.24, 2.45) is 5.73 Å². The molecule has 0 aromatic carbocycles. The number of amides is 1. The van der Waals surface area contributed by atoms with E-state index in [1.807, 2.05) is 23.3 Å². The highest BCUT2D eigenvalue weighted by molar-refractivity contribution is 9.10. The lowest BCUT2D eigenvalue weighted by molar-refractivity contribution is 0.0588. The third kappa shape index (κ3) is 2.72. The van der Waals surface area contributed by atoms with Gasteiger partial charge in [-0.1, -0.05) is 0 Å². The van der Waals surface area contributed by atoms with E-state index in [2.05, 4.69) is 15.9 Å². The summed E-state index contributed by atoms with van der Waals surface area (Å²) in [7, 11) is 0. The molecule has 0 saturated carbocycles. The van der Waals surface area contributed by atoms with Crippen LogP contribution < -0.4 is 5.73 Å². The van der Waals surface area contributed by atoms with E-state index in [1.54, 1.807) is 0 Å². The second-order valence-electron chi connectivity index (χ2n) is 4.52. The summed E-state index contributed by atoms with van der Waals surface area (Å²) in [5.74, 6) is 0.119. The molecule has 1 aliphatic rings. The molecular formula is C12H17BrN2OS. The molecule has 94 valence electrons. The van der Waals surface area contributed by atoms with Gasteiger partial charge >= 0.3 is 0 Å². The molecule has 1 aromatic rings. The van der Waals surface area contributed by atoms with E-state index in [4.69, 9.17) is 5.73 Å². The molecule has 1 saturated heterocycles. The fraction of sp³-hybridized carbons (Fsp3) is 0.583. The number of carbonyl (C=O) groups is 1. The SMILES string of the molecule is C[C@@H](N)[C@H]1CCCCN1C(=O)c1sccc1Br. The van der Waals surface area contributed by atoms with Crippen LogP contribution in [0.4, 0.5) is 0 Å². The van der Waals surface area contributed by atoms with Gasteiger partial charge in [0.15, 0.2) is 0 Å². The zero-order chi connectivity index (χ0) is 12.4. The standard InChI is InChI=1S/C12H17BrN2OS/c1-8(14)10-4-2-3-6-15(10)12(16)11-9(13)5-7-17-11/h5,7-8,10H,2-4,6,14H2,1H3/t8-,10-/m1/s1. The molecular weight excluding hydrogens is 300 g/mol. The van der Waals surface area contributed by atoms with Crippen molar-refractivity contribution in [1.82, 2.24) is 4.90 Å². The molecule has 1 aliphatic heterocycles. The minimum Gasteiger partial charge on any atom is -0.333 e. The first-order valence-electron chi connectivity index (χ1n) is 5.91. The first-order valence-corrected chi connectivity index (χ1v) is 7.58. The molecule has 2 N–H and O–H groups in total. The van der Waals surface area contributed by atoms with E-state index in [1.165, 1.54) is 17.8 Å². The maximum absolute atomic E-state index is 12.4. The van der Waals surface area contributed by atoms with Gasteiger partial charge in [0.1, 0.15) is 4.88 Å². The average Bonchev–Trinajstić information content (AvgIpc) is 2.74. The van der Waals surface area contributed by atoms with Gasteiger partial charge in [-0.3, -0.25) is 4.79 Å². The van der Waals surface area contributed by atoms with Crippen LogP contribution >= 0.6 is 27.3 Å². The van der Waals surface area contributed by atoms with Gasteiger partial charge in [0.05, 0.1) is 0 Å². The summed E-state index contributed by atoms with van der Waals surface area (Å²) in [6.07, 6.45) is 3.27. The summed E-state index contributed by atoms with van der Waals surface area (Å²) in [6, 6.07) is 2.14. The van der Waals surface area contributed by atoms with Gasteiger partial charge in [-0.15, -0.1) is 11.3 Å².